The summed E-state index contributed by atoms with van der Waals surface area (Å²) < 4.78 is 11.1. The molecule has 1 fully saturated rings. The van der Waals surface area contributed by atoms with E-state index in [0.717, 1.165) is 5.56 Å². The monoisotopic (exact) mass is 366 g/mol. The zero-order valence-electron chi connectivity index (χ0n) is 12.8. The summed E-state index contributed by atoms with van der Waals surface area (Å²) in [5.74, 6) is 1.07. The maximum Gasteiger partial charge on any atom is 0.270 e. The van der Waals surface area contributed by atoms with Crippen molar-refractivity contribution in [2.45, 2.75) is 0 Å². The van der Waals surface area contributed by atoms with E-state index in [-0.39, 0.29) is 12.7 Å². The van der Waals surface area contributed by atoms with Crippen LogP contribution in [0.15, 0.2) is 47.4 Å². The Morgan fingerprint density at radius 2 is 1.92 bits per heavy atom. The second kappa shape index (κ2) is 6.24. The summed E-state index contributed by atoms with van der Waals surface area (Å²) in [5.41, 5.74) is 2.06. The molecule has 0 N–H and O–H groups in total. The van der Waals surface area contributed by atoms with Crippen LogP contribution in [0.5, 0.6) is 11.5 Å². The van der Waals surface area contributed by atoms with Crippen LogP contribution in [-0.4, -0.2) is 17.0 Å². The number of hydrogen-bond donors (Lipinski definition) is 0. The van der Waals surface area contributed by atoms with Crippen LogP contribution >= 0.6 is 24.0 Å². The number of nitriles is 1. The van der Waals surface area contributed by atoms with E-state index in [9.17, 15) is 4.79 Å². The number of benzene rings is 2. The summed E-state index contributed by atoms with van der Waals surface area (Å²) in [6.45, 7) is 0.176. The number of ether oxygens (including phenoxy) is 2. The van der Waals surface area contributed by atoms with Gasteiger partial charge in [-0.1, -0.05) is 36.1 Å². The van der Waals surface area contributed by atoms with Gasteiger partial charge in [-0.15, -0.1) is 0 Å². The lowest BCUT2D eigenvalue weighted by molar-refractivity contribution is -0.113. The van der Waals surface area contributed by atoms with Crippen molar-refractivity contribution < 1.29 is 14.3 Å². The summed E-state index contributed by atoms with van der Waals surface area (Å²) in [7, 11) is 0. The molecule has 5 nitrogen and oxygen atoms in total. The van der Waals surface area contributed by atoms with Gasteiger partial charge < -0.3 is 9.47 Å². The first-order valence-electron chi connectivity index (χ1n) is 7.33. The van der Waals surface area contributed by atoms with Crippen molar-refractivity contribution in [2.75, 3.05) is 11.7 Å². The Bertz CT molecular complexity index is 961. The predicted molar refractivity (Wildman–Crippen MR) is 99.4 cm³/mol. The maximum atomic E-state index is 12.8. The minimum absolute atomic E-state index is 0.176. The van der Waals surface area contributed by atoms with E-state index in [1.807, 2.05) is 0 Å². The third-order valence-corrected chi connectivity index (χ3v) is 5.05. The van der Waals surface area contributed by atoms with Crippen LogP contribution in [0.4, 0.5) is 5.69 Å². The standard InChI is InChI=1S/C18H10N2O3S2/c19-9-12-3-1-11(2-4-12)7-16-17(21)20(18(24)25-16)13-5-6-14-15(8-13)23-10-22-14/h1-8H,10H2/b16-7+. The molecule has 4 rings (SSSR count). The van der Waals surface area contributed by atoms with Crippen LogP contribution in [0.2, 0.25) is 0 Å². The van der Waals surface area contributed by atoms with Gasteiger partial charge in [0.1, 0.15) is 0 Å². The molecule has 0 bridgehead atoms. The van der Waals surface area contributed by atoms with Crippen molar-refractivity contribution in [3.8, 4) is 17.6 Å². The lowest BCUT2D eigenvalue weighted by Gasteiger charge is -2.14. The number of thioether (sulfide) groups is 1. The summed E-state index contributed by atoms with van der Waals surface area (Å²) in [6, 6.07) is 14.4. The zero-order valence-corrected chi connectivity index (χ0v) is 14.4. The molecule has 2 aliphatic rings. The molecule has 1 saturated heterocycles. The van der Waals surface area contributed by atoms with Gasteiger partial charge >= 0.3 is 0 Å². The van der Waals surface area contributed by atoms with Gasteiger partial charge in [0.15, 0.2) is 15.8 Å². The van der Waals surface area contributed by atoms with Crippen molar-refractivity contribution in [1.82, 2.24) is 0 Å². The first kappa shape index (κ1) is 15.7. The van der Waals surface area contributed by atoms with Gasteiger partial charge in [0.05, 0.1) is 22.2 Å². The van der Waals surface area contributed by atoms with E-state index < -0.39 is 0 Å². The van der Waals surface area contributed by atoms with Crippen molar-refractivity contribution >= 4 is 46.0 Å². The molecule has 2 aromatic carbocycles. The van der Waals surface area contributed by atoms with Gasteiger partial charge in [0, 0.05) is 6.07 Å². The van der Waals surface area contributed by atoms with Crippen molar-refractivity contribution in [2.24, 2.45) is 0 Å². The average Bonchev–Trinajstić information content (AvgIpc) is 3.19. The molecule has 122 valence electrons. The number of rotatable bonds is 2. The van der Waals surface area contributed by atoms with E-state index >= 15 is 0 Å². The van der Waals surface area contributed by atoms with Crippen molar-refractivity contribution in [1.29, 1.82) is 5.26 Å². The van der Waals surface area contributed by atoms with Crippen LogP contribution in [-0.2, 0) is 4.79 Å². The normalized spacial score (nSPS) is 17.2. The van der Waals surface area contributed by atoms with Crippen LogP contribution in [0, 0.1) is 11.3 Å². The van der Waals surface area contributed by atoms with E-state index in [2.05, 4.69) is 6.07 Å². The van der Waals surface area contributed by atoms with Gasteiger partial charge in [-0.25, -0.2) is 0 Å². The molecule has 25 heavy (non-hydrogen) atoms. The number of hydrogen-bond acceptors (Lipinski definition) is 6. The minimum atomic E-state index is -0.182. The molecule has 2 heterocycles. The molecule has 1 amide bonds. The second-order valence-corrected chi connectivity index (χ2v) is 6.96. The molecular weight excluding hydrogens is 356 g/mol. The Morgan fingerprint density at radius 3 is 2.68 bits per heavy atom. The molecule has 2 aliphatic heterocycles. The Hall–Kier alpha value is -2.82. The van der Waals surface area contributed by atoms with E-state index in [4.69, 9.17) is 27.0 Å². The fourth-order valence-electron chi connectivity index (χ4n) is 2.52. The summed E-state index contributed by atoms with van der Waals surface area (Å²) in [5, 5.41) is 8.85. The number of carbonyl (C=O) groups is 1. The second-order valence-electron chi connectivity index (χ2n) is 5.29. The number of nitrogens with zero attached hydrogens (tertiary/aromatic N) is 2. The molecule has 0 unspecified atom stereocenters. The zero-order chi connectivity index (χ0) is 17.4. The smallest absolute Gasteiger partial charge is 0.270 e. The lowest BCUT2D eigenvalue weighted by atomic mass is 10.1. The van der Waals surface area contributed by atoms with Gasteiger partial charge in [-0.05, 0) is 35.9 Å². The Balaban J connectivity index is 1.63. The molecule has 0 spiro atoms. The summed E-state index contributed by atoms with van der Waals surface area (Å²) >= 11 is 6.62. The fraction of sp³-hybridized carbons (Fsp3) is 0.0556. The molecule has 7 heteroatoms. The van der Waals surface area contributed by atoms with E-state index in [1.54, 1.807) is 48.5 Å². The molecule has 0 aliphatic carbocycles. The van der Waals surface area contributed by atoms with Crippen LogP contribution < -0.4 is 14.4 Å². The first-order valence-corrected chi connectivity index (χ1v) is 8.56. The number of thiocarbonyl (C=S) groups is 1. The molecule has 0 atom stereocenters. The average molecular weight is 366 g/mol. The van der Waals surface area contributed by atoms with Crippen molar-refractivity contribution in [3.05, 3.63) is 58.5 Å². The van der Waals surface area contributed by atoms with Gasteiger partial charge in [-0.2, -0.15) is 5.26 Å². The number of fused-ring (bicyclic) bond motifs is 1. The largest absolute Gasteiger partial charge is 0.454 e. The van der Waals surface area contributed by atoms with Crippen molar-refractivity contribution in [3.63, 3.8) is 0 Å². The first-order chi connectivity index (χ1) is 12.2. The lowest BCUT2D eigenvalue weighted by Crippen LogP contribution is -2.27. The highest BCUT2D eigenvalue weighted by atomic mass is 32.2. The summed E-state index contributed by atoms with van der Waals surface area (Å²) in [6.07, 6.45) is 1.77. The van der Waals surface area contributed by atoms with Gasteiger partial charge in [-0.3, -0.25) is 9.69 Å². The summed E-state index contributed by atoms with van der Waals surface area (Å²) in [4.78, 5) is 14.8. The SMILES string of the molecule is N#Cc1ccc(/C=C2/SC(=S)N(c3ccc4c(c3)OCO4)C2=O)cc1. The van der Waals surface area contributed by atoms with Crippen LogP contribution in [0.1, 0.15) is 11.1 Å². The quantitative estimate of drug-likeness (QED) is 0.597. The Labute approximate surface area is 153 Å². The molecule has 0 aromatic heterocycles. The topological polar surface area (TPSA) is 62.6 Å². The molecule has 0 radical (unpaired) electrons. The Kier molecular flexibility index (Phi) is 3.92. The molecule has 2 aromatic rings. The third kappa shape index (κ3) is 2.86. The highest BCUT2D eigenvalue weighted by Gasteiger charge is 2.34. The van der Waals surface area contributed by atoms with E-state index in [0.29, 0.717) is 32.0 Å². The van der Waals surface area contributed by atoms with E-state index in [1.165, 1.54) is 16.7 Å². The predicted octanol–water partition coefficient (Wildman–Crippen LogP) is 3.69. The number of amides is 1. The highest BCUT2D eigenvalue weighted by molar-refractivity contribution is 8.27. The van der Waals surface area contributed by atoms with Crippen LogP contribution in [0.25, 0.3) is 6.08 Å². The number of anilines is 1. The highest BCUT2D eigenvalue weighted by Crippen LogP contribution is 2.40. The molecule has 0 saturated carbocycles. The number of carbonyl (C=O) groups excluding carboxylic acids is 1. The van der Waals surface area contributed by atoms with Crippen LogP contribution in [0.3, 0.4) is 0 Å². The minimum Gasteiger partial charge on any atom is -0.454 e. The van der Waals surface area contributed by atoms with Gasteiger partial charge in [0.2, 0.25) is 6.79 Å². The third-order valence-electron chi connectivity index (χ3n) is 3.75. The van der Waals surface area contributed by atoms with Gasteiger partial charge in [0.25, 0.3) is 5.91 Å². The molecular formula is C18H10N2O3S2. The fourth-order valence-corrected chi connectivity index (χ4v) is 3.82. The Morgan fingerprint density at radius 1 is 1.16 bits per heavy atom. The maximum absolute atomic E-state index is 12.8.